The maximum Gasteiger partial charge on any atom is 0.348 e. The van der Waals surface area contributed by atoms with E-state index < -0.39 is 5.97 Å². The van der Waals surface area contributed by atoms with Crippen molar-refractivity contribution in [1.82, 2.24) is 4.98 Å². The van der Waals surface area contributed by atoms with E-state index in [0.29, 0.717) is 10.0 Å². The second kappa shape index (κ2) is 3.92. The molecule has 0 amide bonds. The lowest BCUT2D eigenvalue weighted by Crippen LogP contribution is -1.94. The largest absolute Gasteiger partial charge is 0.477 e. The number of carbonyl (C=O) groups is 1. The zero-order valence-electron chi connectivity index (χ0n) is 7.65. The molecular weight excluding hydrogens is 254 g/mol. The fourth-order valence-corrected chi connectivity index (χ4v) is 3.06. The third-order valence-electron chi connectivity index (χ3n) is 1.73. The van der Waals surface area contributed by atoms with Crippen molar-refractivity contribution in [2.24, 2.45) is 0 Å². The highest BCUT2D eigenvalue weighted by molar-refractivity contribution is 7.20. The van der Waals surface area contributed by atoms with Crippen LogP contribution in [0.25, 0.3) is 10.6 Å². The Hall–Kier alpha value is -0.910. The summed E-state index contributed by atoms with van der Waals surface area (Å²) in [6.07, 6.45) is 0. The molecule has 0 atom stereocenters. The Morgan fingerprint density at radius 1 is 1.47 bits per heavy atom. The molecule has 1 N–H and O–H groups in total. The molecule has 0 saturated carbocycles. The van der Waals surface area contributed by atoms with Crippen molar-refractivity contribution in [2.45, 2.75) is 6.92 Å². The predicted octanol–water partition coefficient (Wildman–Crippen LogP) is 3.53. The van der Waals surface area contributed by atoms with E-state index in [9.17, 15) is 4.79 Å². The topological polar surface area (TPSA) is 50.2 Å². The molecule has 2 aromatic heterocycles. The lowest BCUT2D eigenvalue weighted by Gasteiger charge is -1.92. The number of halogens is 1. The first kappa shape index (κ1) is 10.6. The molecule has 0 unspecified atom stereocenters. The van der Waals surface area contributed by atoms with Gasteiger partial charge in [-0.1, -0.05) is 11.6 Å². The molecule has 15 heavy (non-hydrogen) atoms. The molecule has 0 bridgehead atoms. The van der Waals surface area contributed by atoms with Crippen LogP contribution in [0.5, 0.6) is 0 Å². The summed E-state index contributed by atoms with van der Waals surface area (Å²) in [7, 11) is 0. The first-order chi connectivity index (χ1) is 7.08. The Labute approximate surface area is 99.0 Å². The number of carboxylic acid groups (broad SMARTS) is 1. The molecular formula is C9H6ClNO2S2. The molecule has 2 heterocycles. The molecule has 0 aromatic carbocycles. The van der Waals surface area contributed by atoms with E-state index in [0.717, 1.165) is 9.88 Å². The number of aromatic carboxylic acids is 1. The fraction of sp³-hybridized carbons (Fsp3) is 0.111. The van der Waals surface area contributed by atoms with Crippen LogP contribution in [-0.4, -0.2) is 16.1 Å². The number of thiophene rings is 1. The average Bonchev–Trinajstić information content (AvgIpc) is 2.71. The number of nitrogens with zero attached hydrogens (tertiary/aromatic N) is 1. The van der Waals surface area contributed by atoms with Crippen molar-refractivity contribution in [3.05, 3.63) is 26.4 Å². The van der Waals surface area contributed by atoms with Crippen LogP contribution >= 0.6 is 34.3 Å². The highest BCUT2D eigenvalue weighted by atomic mass is 35.5. The van der Waals surface area contributed by atoms with E-state index in [2.05, 4.69) is 4.98 Å². The van der Waals surface area contributed by atoms with Gasteiger partial charge in [0.25, 0.3) is 0 Å². The summed E-state index contributed by atoms with van der Waals surface area (Å²) in [5.74, 6) is -0.944. The molecule has 3 nitrogen and oxygen atoms in total. The zero-order chi connectivity index (χ0) is 11.0. The summed E-state index contributed by atoms with van der Waals surface area (Å²) >= 11 is 8.31. The number of hydrogen-bond donors (Lipinski definition) is 1. The summed E-state index contributed by atoms with van der Waals surface area (Å²) in [4.78, 5) is 16.2. The normalized spacial score (nSPS) is 10.5. The summed E-state index contributed by atoms with van der Waals surface area (Å²) in [6, 6.07) is 3.52. The van der Waals surface area contributed by atoms with E-state index in [1.54, 1.807) is 19.1 Å². The summed E-state index contributed by atoms with van der Waals surface area (Å²) in [5.41, 5.74) is 0.516. The van der Waals surface area contributed by atoms with Gasteiger partial charge in [-0.05, 0) is 19.1 Å². The fourth-order valence-electron chi connectivity index (χ4n) is 1.18. The van der Waals surface area contributed by atoms with Crippen LogP contribution in [0.2, 0.25) is 4.34 Å². The molecule has 2 rings (SSSR count). The second-order valence-electron chi connectivity index (χ2n) is 2.82. The molecule has 6 heteroatoms. The Morgan fingerprint density at radius 2 is 2.20 bits per heavy atom. The zero-order valence-corrected chi connectivity index (χ0v) is 10.0. The van der Waals surface area contributed by atoms with Crippen molar-refractivity contribution in [2.75, 3.05) is 0 Å². The maximum atomic E-state index is 11.0. The summed E-state index contributed by atoms with van der Waals surface area (Å²) < 4.78 is 0.631. The molecule has 0 fully saturated rings. The van der Waals surface area contributed by atoms with Gasteiger partial charge in [0.05, 0.1) is 14.2 Å². The van der Waals surface area contributed by atoms with E-state index in [-0.39, 0.29) is 4.88 Å². The lowest BCUT2D eigenvalue weighted by atomic mass is 10.3. The number of aryl methyl sites for hydroxylation is 1. The maximum absolute atomic E-state index is 11.0. The molecule has 0 saturated heterocycles. The number of aromatic nitrogens is 1. The standard InChI is InChI=1S/C9H6ClNO2S2/c1-4-11-7(8(14-4)9(12)13)5-2-3-6(10)15-5/h2-3H,1H3,(H,12,13). The second-order valence-corrected chi connectivity index (χ2v) is 5.74. The number of carboxylic acids is 1. The van der Waals surface area contributed by atoms with Crippen LogP contribution in [0, 0.1) is 6.92 Å². The Balaban J connectivity index is 2.56. The van der Waals surface area contributed by atoms with Gasteiger partial charge in [0, 0.05) is 0 Å². The van der Waals surface area contributed by atoms with E-state index in [1.165, 1.54) is 22.7 Å². The highest BCUT2D eigenvalue weighted by Gasteiger charge is 2.18. The molecule has 0 spiro atoms. The molecule has 0 aliphatic carbocycles. The smallest absolute Gasteiger partial charge is 0.348 e. The van der Waals surface area contributed by atoms with Crippen molar-refractivity contribution < 1.29 is 9.90 Å². The van der Waals surface area contributed by atoms with Gasteiger partial charge >= 0.3 is 5.97 Å². The lowest BCUT2D eigenvalue weighted by molar-refractivity contribution is 0.0703. The number of hydrogen-bond acceptors (Lipinski definition) is 4. The van der Waals surface area contributed by atoms with Crippen LogP contribution in [0.4, 0.5) is 0 Å². The van der Waals surface area contributed by atoms with Crippen molar-refractivity contribution in [3.8, 4) is 10.6 Å². The van der Waals surface area contributed by atoms with Gasteiger partial charge in [0.2, 0.25) is 0 Å². The minimum absolute atomic E-state index is 0.269. The Bertz CT molecular complexity index is 518. The summed E-state index contributed by atoms with van der Waals surface area (Å²) in [5, 5.41) is 9.73. The van der Waals surface area contributed by atoms with Gasteiger partial charge in [0.15, 0.2) is 0 Å². The SMILES string of the molecule is Cc1nc(-c2ccc(Cl)s2)c(C(=O)O)s1. The quantitative estimate of drug-likeness (QED) is 0.898. The van der Waals surface area contributed by atoms with E-state index >= 15 is 0 Å². The molecule has 0 radical (unpaired) electrons. The minimum Gasteiger partial charge on any atom is -0.477 e. The van der Waals surface area contributed by atoms with Crippen LogP contribution in [-0.2, 0) is 0 Å². The van der Waals surface area contributed by atoms with Crippen molar-refractivity contribution in [3.63, 3.8) is 0 Å². The Kier molecular flexibility index (Phi) is 2.77. The number of thiazole rings is 1. The van der Waals surface area contributed by atoms with Gasteiger partial charge in [-0.3, -0.25) is 0 Å². The van der Waals surface area contributed by atoms with Crippen LogP contribution in [0.1, 0.15) is 14.7 Å². The molecule has 2 aromatic rings. The third-order valence-corrected chi connectivity index (χ3v) is 3.93. The van der Waals surface area contributed by atoms with E-state index in [1.807, 2.05) is 0 Å². The summed E-state index contributed by atoms with van der Waals surface area (Å²) in [6.45, 7) is 1.79. The predicted molar refractivity (Wildman–Crippen MR) is 62.1 cm³/mol. The minimum atomic E-state index is -0.944. The molecule has 0 aliphatic heterocycles. The van der Waals surface area contributed by atoms with Gasteiger partial charge in [-0.25, -0.2) is 9.78 Å². The first-order valence-electron chi connectivity index (χ1n) is 4.04. The van der Waals surface area contributed by atoms with Crippen molar-refractivity contribution >= 4 is 40.2 Å². The molecule has 0 aliphatic rings. The van der Waals surface area contributed by atoms with Crippen LogP contribution < -0.4 is 0 Å². The van der Waals surface area contributed by atoms with Crippen LogP contribution in [0.3, 0.4) is 0 Å². The molecule has 78 valence electrons. The highest BCUT2D eigenvalue weighted by Crippen LogP contribution is 2.34. The van der Waals surface area contributed by atoms with Gasteiger partial charge < -0.3 is 5.11 Å². The average molecular weight is 260 g/mol. The van der Waals surface area contributed by atoms with Gasteiger partial charge in [0.1, 0.15) is 10.6 Å². The van der Waals surface area contributed by atoms with Gasteiger partial charge in [-0.2, -0.15) is 0 Å². The Morgan fingerprint density at radius 3 is 2.73 bits per heavy atom. The van der Waals surface area contributed by atoms with E-state index in [4.69, 9.17) is 16.7 Å². The number of rotatable bonds is 2. The monoisotopic (exact) mass is 259 g/mol. The van der Waals surface area contributed by atoms with Crippen molar-refractivity contribution in [1.29, 1.82) is 0 Å². The van der Waals surface area contributed by atoms with Crippen LogP contribution in [0.15, 0.2) is 12.1 Å². The third kappa shape index (κ3) is 2.04. The first-order valence-corrected chi connectivity index (χ1v) is 6.05. The van der Waals surface area contributed by atoms with Gasteiger partial charge in [-0.15, -0.1) is 22.7 Å².